The normalized spacial score (nSPS) is 11.8. The molecular formula is C137H95N7O2S. The van der Waals surface area contributed by atoms with E-state index in [0.29, 0.717) is 0 Å². The van der Waals surface area contributed by atoms with Crippen LogP contribution in [-0.4, -0.2) is 32.0 Å². The van der Waals surface area contributed by atoms with Crippen molar-refractivity contribution in [2.75, 3.05) is 0 Å². The Labute approximate surface area is 850 Å². The fraction of sp³-hybridized carbons (Fsp3) is 0.0365. The zero-order chi connectivity index (χ0) is 97.8. The first-order chi connectivity index (χ1) is 72.5. The number of hydrogen-bond donors (Lipinski definition) is 0. The summed E-state index contributed by atoms with van der Waals surface area (Å²) in [5.41, 5.74) is 35.7. The summed E-state index contributed by atoms with van der Waals surface area (Å²) in [6, 6.07) is 174. The molecule has 147 heavy (non-hydrogen) atoms. The minimum atomic E-state index is 0.930. The van der Waals surface area contributed by atoms with E-state index in [4.69, 9.17) is 8.83 Å². The molecule has 0 atom stereocenters. The first-order valence-corrected chi connectivity index (χ1v) is 51.2. The van der Waals surface area contributed by atoms with E-state index in [1.807, 2.05) is 35.6 Å². The smallest absolute Gasteiger partial charge is 0.137 e. The van der Waals surface area contributed by atoms with E-state index in [1.54, 1.807) is 0 Å². The predicted molar refractivity (Wildman–Crippen MR) is 624 cm³/mol. The summed E-state index contributed by atoms with van der Waals surface area (Å²) >= 11 is 1.88. The minimum Gasteiger partial charge on any atom is -0.456 e. The van der Waals surface area contributed by atoms with Gasteiger partial charge in [0.05, 0.1) is 88.0 Å². The van der Waals surface area contributed by atoms with E-state index in [1.165, 1.54) is 251 Å². The van der Waals surface area contributed by atoms with E-state index in [2.05, 4.69) is 528 Å². The van der Waals surface area contributed by atoms with Crippen molar-refractivity contribution in [2.24, 2.45) is 0 Å². The van der Waals surface area contributed by atoms with E-state index in [9.17, 15) is 0 Å². The predicted octanol–water partition coefficient (Wildman–Crippen LogP) is 37.8. The zero-order valence-electron chi connectivity index (χ0n) is 81.5. The molecule has 0 saturated carbocycles. The van der Waals surface area contributed by atoms with Crippen LogP contribution in [0.25, 0.3) is 257 Å². The second kappa shape index (κ2) is 34.9. The fourth-order valence-electron chi connectivity index (χ4n) is 23.6. The summed E-state index contributed by atoms with van der Waals surface area (Å²) in [5.74, 6) is 0. The standard InChI is InChI=1S/2C31H22N2.2C25H17NO.C25H17NS/c1-21-10-9-13-23(20-21)33-27-16-7-5-14-24(27)25-18-19-29-30(31(25)33)26-15-6-8-17-28(26)32(29)22-11-3-2-4-12-22;1-21-15-17-23(18-16-21)33-27-13-7-5-11-24(27)25-19-20-29-30(31(25)33)26-12-6-8-14-28(26)32(29)22-9-3-2-4-10-22;1-16-7-6-8-17(15-16)26-21-11-4-2-9-18(21)19-13-14-23-24(25(19)26)20-10-3-5-12-22(20)27-23;1-16-10-12-17(13-11-16)26-21-8-4-2-6-18(21)19-14-15-23-24(25(19)26)20-7-3-5-9-22(20)27-23;1-16-7-6-8-17(15-16)26-21-11-4-2-9-18(21)19-13-14-23-24(25(19)26)20-10-3-5-12-22(20)27-23/h2*2-20H,1H3;3*2-15H,1H3. The lowest BCUT2D eigenvalue weighted by molar-refractivity contribution is 0.669. The summed E-state index contributed by atoms with van der Waals surface area (Å²) < 4.78 is 31.9. The molecule has 0 fully saturated rings. The molecule has 10 aromatic heterocycles. The van der Waals surface area contributed by atoms with Crippen LogP contribution in [0, 0.1) is 34.6 Å². The molecule has 32 aromatic rings. The third kappa shape index (κ3) is 14.0. The van der Waals surface area contributed by atoms with Crippen LogP contribution in [0.15, 0.2) is 494 Å². The monoisotopic (exact) mass is 1900 g/mol. The van der Waals surface area contributed by atoms with Crippen molar-refractivity contribution in [3.63, 3.8) is 0 Å². The number of furan rings is 2. The number of aromatic nitrogens is 7. The lowest BCUT2D eigenvalue weighted by Gasteiger charge is -2.10. The van der Waals surface area contributed by atoms with Crippen LogP contribution < -0.4 is 0 Å². The molecule has 0 unspecified atom stereocenters. The third-order valence-corrected chi connectivity index (χ3v) is 31.0. The first-order valence-electron chi connectivity index (χ1n) is 50.4. The van der Waals surface area contributed by atoms with Crippen molar-refractivity contribution in [2.45, 2.75) is 34.6 Å². The van der Waals surface area contributed by atoms with Crippen LogP contribution in [0.1, 0.15) is 27.8 Å². The van der Waals surface area contributed by atoms with E-state index >= 15 is 0 Å². The molecular weight excluding hydrogens is 1810 g/mol. The Balaban J connectivity index is 0.0000000891. The molecule has 0 N–H and O–H groups in total. The Morgan fingerprint density at radius 3 is 0.769 bits per heavy atom. The Bertz CT molecular complexity index is 10700. The second-order valence-electron chi connectivity index (χ2n) is 38.8. The quantitative estimate of drug-likeness (QED) is 0.160. The van der Waals surface area contributed by atoms with Crippen molar-refractivity contribution in [1.82, 2.24) is 32.0 Å². The number of hydrogen-bond acceptors (Lipinski definition) is 3. The van der Waals surface area contributed by atoms with Crippen LogP contribution in [0.3, 0.4) is 0 Å². The van der Waals surface area contributed by atoms with Gasteiger partial charge in [-0.25, -0.2) is 0 Å². The third-order valence-electron chi connectivity index (χ3n) is 29.9. The van der Waals surface area contributed by atoms with Gasteiger partial charge in [-0.3, -0.25) is 0 Å². The minimum absolute atomic E-state index is 0.930. The number of aryl methyl sites for hydroxylation is 5. The summed E-state index contributed by atoms with van der Waals surface area (Å²) in [4.78, 5) is 0. The van der Waals surface area contributed by atoms with Crippen molar-refractivity contribution < 1.29 is 8.83 Å². The molecule has 22 aromatic carbocycles. The molecule has 9 nitrogen and oxygen atoms in total. The molecule has 10 heteroatoms. The highest BCUT2D eigenvalue weighted by molar-refractivity contribution is 7.26. The molecule has 0 spiro atoms. The largest absolute Gasteiger partial charge is 0.456 e. The maximum absolute atomic E-state index is 6.16. The number of nitrogens with zero attached hydrogens (tertiary/aromatic N) is 7. The van der Waals surface area contributed by atoms with Crippen molar-refractivity contribution in [3.05, 3.63) is 513 Å². The number of fused-ring (bicyclic) bond motifs is 35. The highest BCUT2D eigenvalue weighted by Crippen LogP contribution is 2.50. The average Bonchev–Trinajstić information content (AvgIpc) is 1.38. The SMILES string of the molecule is Cc1ccc(-n2c3ccccc3c3ccc4c(c5ccccc5n4-c4ccccc4)c32)cc1.Cc1ccc(-n2c3ccccc3c3ccc4oc5ccccc5c4c32)cc1.Cc1cccc(-n2c3ccccc3c3ccc4c(c5ccccc5n4-c4ccccc4)c32)c1.Cc1cccc(-n2c3ccccc3c3ccc4oc5ccccc5c4c32)c1.Cc1cccc(-n2c3ccccc3c3ccc4sc5ccccc5c4c32)c1. The maximum atomic E-state index is 6.16. The zero-order valence-corrected chi connectivity index (χ0v) is 82.4. The molecule has 0 radical (unpaired) electrons. The Kier molecular flexibility index (Phi) is 20.4. The molecule has 0 aliphatic rings. The Morgan fingerprint density at radius 2 is 0.408 bits per heavy atom. The average molecular weight is 1900 g/mol. The Hall–Kier alpha value is -18.7. The van der Waals surface area contributed by atoms with Gasteiger partial charge in [0.25, 0.3) is 0 Å². The number of benzene rings is 22. The van der Waals surface area contributed by atoms with Crippen LogP contribution in [0.2, 0.25) is 0 Å². The second-order valence-corrected chi connectivity index (χ2v) is 39.9. The summed E-state index contributed by atoms with van der Waals surface area (Å²) in [6.45, 7) is 10.7. The molecule has 0 aliphatic heterocycles. The van der Waals surface area contributed by atoms with Gasteiger partial charge in [0.1, 0.15) is 22.3 Å². The number of thiophene rings is 1. The van der Waals surface area contributed by atoms with Crippen molar-refractivity contribution in [1.29, 1.82) is 0 Å². The number of para-hydroxylation sites is 11. The van der Waals surface area contributed by atoms with Gasteiger partial charge in [-0.1, -0.05) is 308 Å². The van der Waals surface area contributed by atoms with Gasteiger partial charge in [0.15, 0.2) is 0 Å². The van der Waals surface area contributed by atoms with E-state index in [-0.39, 0.29) is 0 Å². The maximum Gasteiger partial charge on any atom is 0.137 e. The van der Waals surface area contributed by atoms with Gasteiger partial charge < -0.3 is 40.8 Å². The summed E-state index contributed by atoms with van der Waals surface area (Å²) in [5, 5.41) is 25.4. The molecule has 10 heterocycles. The topological polar surface area (TPSA) is 60.8 Å². The van der Waals surface area contributed by atoms with Crippen LogP contribution in [-0.2, 0) is 0 Å². The summed E-state index contributed by atoms with van der Waals surface area (Å²) in [7, 11) is 0. The van der Waals surface area contributed by atoms with Crippen LogP contribution in [0.4, 0.5) is 0 Å². The summed E-state index contributed by atoms with van der Waals surface area (Å²) in [6.07, 6.45) is 0. The van der Waals surface area contributed by atoms with E-state index in [0.717, 1.165) is 33.1 Å². The van der Waals surface area contributed by atoms with Gasteiger partial charge >= 0.3 is 0 Å². The first kappa shape index (κ1) is 86.2. The van der Waals surface area contributed by atoms with Gasteiger partial charge in [0.2, 0.25) is 0 Å². The van der Waals surface area contributed by atoms with Gasteiger partial charge in [-0.15, -0.1) is 11.3 Å². The van der Waals surface area contributed by atoms with Crippen molar-refractivity contribution >= 4 is 228 Å². The van der Waals surface area contributed by atoms with Crippen LogP contribution >= 0.6 is 11.3 Å². The van der Waals surface area contributed by atoms with Crippen LogP contribution in [0.5, 0.6) is 0 Å². The molecule has 0 amide bonds. The molecule has 0 bridgehead atoms. The van der Waals surface area contributed by atoms with Gasteiger partial charge in [0, 0.05) is 146 Å². The Morgan fingerprint density at radius 1 is 0.143 bits per heavy atom. The van der Waals surface area contributed by atoms with Gasteiger partial charge in [-0.05, 0) is 239 Å². The molecule has 0 saturated heterocycles. The fourth-order valence-corrected chi connectivity index (χ4v) is 24.7. The lowest BCUT2D eigenvalue weighted by atomic mass is 10.1. The molecule has 696 valence electrons. The molecule has 32 rings (SSSR count). The molecule has 0 aliphatic carbocycles. The van der Waals surface area contributed by atoms with Gasteiger partial charge in [-0.2, -0.15) is 0 Å². The van der Waals surface area contributed by atoms with Crippen molar-refractivity contribution in [3.8, 4) is 39.8 Å². The van der Waals surface area contributed by atoms with E-state index < -0.39 is 0 Å². The number of rotatable bonds is 7. The highest BCUT2D eigenvalue weighted by Gasteiger charge is 2.28. The lowest BCUT2D eigenvalue weighted by Crippen LogP contribution is -1.95. The highest BCUT2D eigenvalue weighted by atomic mass is 32.1.